The average Bonchev–Trinajstić information content (AvgIpc) is 3.84. The van der Waals surface area contributed by atoms with Crippen molar-refractivity contribution in [3.05, 3.63) is 24.3 Å². The molecule has 56 heavy (non-hydrogen) atoms. The van der Waals surface area contributed by atoms with Gasteiger partial charge >= 0.3 is 48.5 Å². The van der Waals surface area contributed by atoms with Crippen molar-refractivity contribution in [3.63, 3.8) is 0 Å². The molecular weight excluding hydrogens is 738 g/mol. The Kier molecular flexibility index (Phi) is 12.0. The molecule has 0 aliphatic carbocycles. The molecule has 0 aromatic rings. The fraction of sp³-hybridized carbons (Fsp3) is 0.850. The third kappa shape index (κ3) is 7.23. The van der Waals surface area contributed by atoms with E-state index in [4.69, 9.17) is 47.0 Å². The number of hydrogen-bond donors (Lipinski definition) is 2. The maximum absolute atomic E-state index is 14.6. The Bertz CT molecular complexity index is 1450. The molecule has 11 bridgehead atoms. The number of carbonyl (C=O) groups is 2. The summed E-state index contributed by atoms with van der Waals surface area (Å²) in [4.78, 5) is 29.2. The standard InChI is InChI=1S/C40H60BO14.Na/c1-21-15-17-31-37(5,6)29(42)13-9-11-26-20-28(24(4)47-26)49-36(45)34-40-22(2)16-18-32(51-40)38(7,8)30(43)14-10-12-25-19-27(23(3)46-25)48-35(44)33-39(21,50-31)54-41(52-33,53-34)55-40;/h9-12,21-34,42-43H,13-20H2,1-8H3;/q-1;+1/b11-9-,12-10-;. The van der Waals surface area contributed by atoms with Crippen molar-refractivity contribution in [2.75, 3.05) is 0 Å². The quantitative estimate of drug-likeness (QED) is 0.204. The molecule has 8 aliphatic heterocycles. The second-order valence-corrected chi connectivity index (χ2v) is 18.6. The fourth-order valence-corrected chi connectivity index (χ4v) is 10.1. The van der Waals surface area contributed by atoms with Crippen LogP contribution in [0, 0.1) is 22.7 Å². The number of fused-ring (bicyclic) bond motifs is 8. The minimum atomic E-state index is -3.42. The molecule has 16 heteroatoms. The van der Waals surface area contributed by atoms with Gasteiger partial charge in [-0.2, -0.15) is 0 Å². The molecule has 14 nitrogen and oxygen atoms in total. The van der Waals surface area contributed by atoms with Gasteiger partial charge in [-0.1, -0.05) is 65.8 Å². The number of esters is 2. The van der Waals surface area contributed by atoms with Gasteiger partial charge in [-0.3, -0.25) is 0 Å². The van der Waals surface area contributed by atoms with E-state index in [1.807, 2.05) is 79.7 Å². The van der Waals surface area contributed by atoms with E-state index < -0.39 is 114 Å². The Balaban J connectivity index is 0.00000480. The molecule has 6 saturated heterocycles. The minimum Gasteiger partial charge on any atom is -0.504 e. The number of rotatable bonds is 0. The SMILES string of the molecule is CC1OC2/C=C\CC(O)C(C)(C)C3CCC(C)C4(O3)O[B-]35OC(C(=O)OC1C2)C1(OC(CCC1C)C(C)(C)C(O)C/C=C\C1CC(OC(=O)C4O3)C(C)O1)O5.[Na+]. The van der Waals surface area contributed by atoms with E-state index in [9.17, 15) is 19.8 Å². The van der Waals surface area contributed by atoms with Crippen LogP contribution in [0.2, 0.25) is 0 Å². The van der Waals surface area contributed by atoms with E-state index in [0.717, 1.165) is 0 Å². The molecule has 308 valence electrons. The van der Waals surface area contributed by atoms with Crippen LogP contribution in [0.5, 0.6) is 0 Å². The first kappa shape index (κ1) is 43.2. The predicted molar refractivity (Wildman–Crippen MR) is 194 cm³/mol. The van der Waals surface area contributed by atoms with Gasteiger partial charge < -0.3 is 57.3 Å². The van der Waals surface area contributed by atoms with Crippen molar-refractivity contribution in [1.29, 1.82) is 0 Å². The molecule has 0 aromatic heterocycles. The van der Waals surface area contributed by atoms with Crippen LogP contribution in [0.4, 0.5) is 0 Å². The number of aliphatic hydroxyl groups is 2. The summed E-state index contributed by atoms with van der Waals surface area (Å²) in [7, 11) is 0. The molecular formula is C40H60BNaO14. The number of hydrogen-bond acceptors (Lipinski definition) is 14. The molecule has 3 spiro atoms. The zero-order chi connectivity index (χ0) is 39.3. The number of carbonyl (C=O) groups excluding carboxylic acids is 2. The molecule has 0 aromatic carbocycles. The van der Waals surface area contributed by atoms with Crippen molar-refractivity contribution in [3.8, 4) is 0 Å². The maximum atomic E-state index is 14.6. The van der Waals surface area contributed by atoms with Gasteiger partial charge in [0.2, 0.25) is 0 Å². The third-order valence-electron chi connectivity index (χ3n) is 14.3. The van der Waals surface area contributed by atoms with E-state index in [0.29, 0.717) is 51.4 Å². The van der Waals surface area contributed by atoms with E-state index in [1.54, 1.807) is 0 Å². The van der Waals surface area contributed by atoms with Gasteiger partial charge in [-0.05, 0) is 52.4 Å². The van der Waals surface area contributed by atoms with Crippen LogP contribution in [-0.2, 0) is 56.6 Å². The Morgan fingerprint density at radius 3 is 1.43 bits per heavy atom. The van der Waals surface area contributed by atoms with E-state index in [1.165, 1.54) is 0 Å². The molecule has 8 heterocycles. The summed E-state index contributed by atoms with van der Waals surface area (Å²) in [6.07, 6.45) is 2.49. The second kappa shape index (κ2) is 15.5. The normalized spacial score (nSPS) is 52.3. The topological polar surface area (TPSA) is 167 Å². The summed E-state index contributed by atoms with van der Waals surface area (Å²) in [5.41, 5.74) is -1.64. The van der Waals surface area contributed by atoms with Crippen molar-refractivity contribution >= 4 is 18.9 Å². The van der Waals surface area contributed by atoms with Crippen LogP contribution in [0.1, 0.15) is 107 Å². The number of aliphatic hydroxyl groups excluding tert-OH is 2. The van der Waals surface area contributed by atoms with Crippen LogP contribution >= 0.6 is 0 Å². The maximum Gasteiger partial charge on any atom is 1.00 e. The largest absolute Gasteiger partial charge is 1.00 e. The number of ether oxygens (including phenoxy) is 6. The zero-order valence-electron chi connectivity index (χ0n) is 34.4. The summed E-state index contributed by atoms with van der Waals surface area (Å²) in [5, 5.41) is 23.3. The van der Waals surface area contributed by atoms with Crippen molar-refractivity contribution in [2.45, 2.75) is 192 Å². The molecule has 0 amide bonds. The summed E-state index contributed by atoms with van der Waals surface area (Å²) >= 11 is 0. The Hall–Kier alpha value is -0.915. The first-order valence-corrected chi connectivity index (χ1v) is 20.5. The fourth-order valence-electron chi connectivity index (χ4n) is 10.1. The van der Waals surface area contributed by atoms with Gasteiger partial charge in [0.1, 0.15) is 12.2 Å². The smallest absolute Gasteiger partial charge is 0.504 e. The summed E-state index contributed by atoms with van der Waals surface area (Å²) in [6, 6.07) is 0. The van der Waals surface area contributed by atoms with Crippen molar-refractivity contribution < 1.29 is 96.4 Å². The molecule has 8 rings (SSSR count). The molecule has 16 atom stereocenters. The van der Waals surface area contributed by atoms with Crippen LogP contribution in [0.3, 0.4) is 0 Å². The second-order valence-electron chi connectivity index (χ2n) is 18.6. The predicted octanol–water partition coefficient (Wildman–Crippen LogP) is 1.15. The minimum absolute atomic E-state index is 0. The molecule has 2 N–H and O–H groups in total. The van der Waals surface area contributed by atoms with Crippen LogP contribution in [0.25, 0.3) is 0 Å². The summed E-state index contributed by atoms with van der Waals surface area (Å²) in [6.45, 7) is 11.8. The molecule has 8 aliphatic rings. The summed E-state index contributed by atoms with van der Waals surface area (Å²) in [5.74, 6) is -6.02. The monoisotopic (exact) mass is 798 g/mol. The first-order valence-electron chi connectivity index (χ1n) is 20.5. The zero-order valence-corrected chi connectivity index (χ0v) is 36.4. The van der Waals surface area contributed by atoms with Gasteiger partial charge in [0, 0.05) is 35.5 Å². The van der Waals surface area contributed by atoms with Gasteiger partial charge in [0.15, 0.2) is 23.8 Å². The van der Waals surface area contributed by atoms with Gasteiger partial charge in [0.25, 0.3) is 0 Å². The molecule has 0 radical (unpaired) electrons. The Labute approximate surface area is 352 Å². The first-order chi connectivity index (χ1) is 25.9. The Morgan fingerprint density at radius 2 is 1.04 bits per heavy atom. The van der Waals surface area contributed by atoms with Crippen LogP contribution in [0.15, 0.2) is 24.3 Å². The van der Waals surface area contributed by atoms with Gasteiger partial charge in [-0.15, -0.1) is 0 Å². The summed E-state index contributed by atoms with van der Waals surface area (Å²) < 4.78 is 65.8. The van der Waals surface area contributed by atoms with E-state index in [2.05, 4.69) is 0 Å². The van der Waals surface area contributed by atoms with Gasteiger partial charge in [-0.25, -0.2) is 9.59 Å². The van der Waals surface area contributed by atoms with Gasteiger partial charge in [0.05, 0.1) is 48.8 Å². The van der Waals surface area contributed by atoms with Crippen molar-refractivity contribution in [2.24, 2.45) is 22.7 Å². The van der Waals surface area contributed by atoms with Crippen LogP contribution in [-0.4, -0.2) is 114 Å². The molecule has 0 saturated carbocycles. The van der Waals surface area contributed by atoms with E-state index in [-0.39, 0.29) is 41.8 Å². The molecule has 16 unspecified atom stereocenters. The Morgan fingerprint density at radius 1 is 0.643 bits per heavy atom. The van der Waals surface area contributed by atoms with E-state index >= 15 is 0 Å². The molecule has 6 fully saturated rings. The third-order valence-corrected chi connectivity index (χ3v) is 14.3. The van der Waals surface area contributed by atoms with Crippen LogP contribution < -0.4 is 29.6 Å². The van der Waals surface area contributed by atoms with Crippen molar-refractivity contribution in [1.82, 2.24) is 0 Å². The average molecular weight is 799 g/mol.